The third-order valence-corrected chi connectivity index (χ3v) is 6.84. The fraction of sp³-hybridized carbons (Fsp3) is 0.632. The van der Waals surface area contributed by atoms with E-state index in [0.29, 0.717) is 23.9 Å². The molecule has 0 spiro atoms. The largest absolute Gasteiger partial charge is 0.356 e. The lowest BCUT2D eigenvalue weighted by atomic mass is 9.98. The van der Waals surface area contributed by atoms with Crippen molar-refractivity contribution < 1.29 is 8.42 Å². The number of rotatable bonds is 7. The third kappa shape index (κ3) is 6.90. The highest BCUT2D eigenvalue weighted by atomic mass is 127. The van der Waals surface area contributed by atoms with Gasteiger partial charge in [0, 0.05) is 40.3 Å². The van der Waals surface area contributed by atoms with E-state index in [1.807, 2.05) is 6.07 Å². The zero-order valence-electron chi connectivity index (χ0n) is 16.6. The second-order valence-corrected chi connectivity index (χ2v) is 8.80. The minimum atomic E-state index is -3.36. The van der Waals surface area contributed by atoms with Gasteiger partial charge in [-0.1, -0.05) is 31.5 Å². The van der Waals surface area contributed by atoms with Crippen molar-refractivity contribution in [3.05, 3.63) is 30.3 Å². The maximum absolute atomic E-state index is 12.7. The van der Waals surface area contributed by atoms with Gasteiger partial charge in [0.2, 0.25) is 10.0 Å². The Balaban J connectivity index is 0.00000364. The fourth-order valence-electron chi connectivity index (χ4n) is 3.22. The Morgan fingerprint density at radius 3 is 2.44 bits per heavy atom. The molecule has 1 saturated heterocycles. The van der Waals surface area contributed by atoms with Gasteiger partial charge in [-0.25, -0.2) is 8.42 Å². The first-order valence-corrected chi connectivity index (χ1v) is 10.9. The monoisotopic (exact) mass is 508 g/mol. The van der Waals surface area contributed by atoms with Crippen LogP contribution in [0.4, 0.5) is 0 Å². The second-order valence-electron chi connectivity index (χ2n) is 6.86. The highest BCUT2D eigenvalue weighted by Gasteiger charge is 2.29. The van der Waals surface area contributed by atoms with Crippen LogP contribution in [0, 0.1) is 5.92 Å². The van der Waals surface area contributed by atoms with Crippen LogP contribution in [0.1, 0.15) is 32.6 Å². The predicted molar refractivity (Wildman–Crippen MR) is 122 cm³/mol. The number of piperidine rings is 1. The van der Waals surface area contributed by atoms with Gasteiger partial charge >= 0.3 is 0 Å². The highest BCUT2D eigenvalue weighted by molar-refractivity contribution is 14.0. The lowest BCUT2D eigenvalue weighted by molar-refractivity contribution is 0.272. The van der Waals surface area contributed by atoms with Crippen LogP contribution < -0.4 is 5.32 Å². The van der Waals surface area contributed by atoms with Gasteiger partial charge < -0.3 is 10.2 Å². The minimum Gasteiger partial charge on any atom is -0.356 e. The van der Waals surface area contributed by atoms with Crippen LogP contribution in [0.3, 0.4) is 0 Å². The topological polar surface area (TPSA) is 65.0 Å². The second kappa shape index (κ2) is 11.9. The molecular weight excluding hydrogens is 475 g/mol. The van der Waals surface area contributed by atoms with Crippen molar-refractivity contribution in [2.75, 3.05) is 40.3 Å². The van der Waals surface area contributed by atoms with Crippen molar-refractivity contribution >= 4 is 40.0 Å². The lowest BCUT2D eigenvalue weighted by Gasteiger charge is -2.32. The summed E-state index contributed by atoms with van der Waals surface area (Å²) in [6.45, 7) is 5.16. The van der Waals surface area contributed by atoms with E-state index in [4.69, 9.17) is 0 Å². The molecule has 0 aliphatic carbocycles. The summed E-state index contributed by atoms with van der Waals surface area (Å²) in [4.78, 5) is 6.88. The van der Waals surface area contributed by atoms with Gasteiger partial charge in [-0.15, -0.1) is 24.0 Å². The number of sulfonamides is 1. The van der Waals surface area contributed by atoms with Crippen molar-refractivity contribution in [3.8, 4) is 0 Å². The molecule has 0 saturated carbocycles. The summed E-state index contributed by atoms with van der Waals surface area (Å²) >= 11 is 0. The van der Waals surface area contributed by atoms with E-state index in [0.717, 1.165) is 44.7 Å². The van der Waals surface area contributed by atoms with E-state index in [-0.39, 0.29) is 24.0 Å². The predicted octanol–water partition coefficient (Wildman–Crippen LogP) is 3.01. The summed E-state index contributed by atoms with van der Waals surface area (Å²) in [6.07, 6.45) is 4.05. The zero-order chi connectivity index (χ0) is 19.0. The van der Waals surface area contributed by atoms with Crippen molar-refractivity contribution in [2.45, 2.75) is 37.5 Å². The maximum Gasteiger partial charge on any atom is 0.243 e. The Morgan fingerprint density at radius 1 is 1.26 bits per heavy atom. The number of guanidine groups is 1. The third-order valence-electron chi connectivity index (χ3n) is 4.92. The first kappa shape index (κ1) is 24.2. The molecule has 1 aliphatic heterocycles. The van der Waals surface area contributed by atoms with Gasteiger partial charge in [-0.2, -0.15) is 4.31 Å². The van der Waals surface area contributed by atoms with Crippen LogP contribution in [-0.4, -0.2) is 63.9 Å². The van der Waals surface area contributed by atoms with Gasteiger partial charge in [0.15, 0.2) is 5.96 Å². The summed E-state index contributed by atoms with van der Waals surface area (Å²) in [5.74, 6) is 1.38. The number of nitrogens with zero attached hydrogens (tertiary/aromatic N) is 3. The normalized spacial score (nSPS) is 16.6. The van der Waals surface area contributed by atoms with Gasteiger partial charge in [0.25, 0.3) is 0 Å². The number of aliphatic imine (C=N–C) groups is 1. The van der Waals surface area contributed by atoms with Gasteiger partial charge in [-0.05, 0) is 37.3 Å². The molecule has 1 fully saturated rings. The number of unbranched alkanes of at least 4 members (excludes halogenated alkanes) is 1. The van der Waals surface area contributed by atoms with Gasteiger partial charge in [-0.3, -0.25) is 4.99 Å². The van der Waals surface area contributed by atoms with Crippen LogP contribution >= 0.6 is 24.0 Å². The molecule has 0 aromatic heterocycles. The average Bonchev–Trinajstić information content (AvgIpc) is 2.68. The van der Waals surface area contributed by atoms with Crippen LogP contribution in [-0.2, 0) is 10.0 Å². The Kier molecular flexibility index (Phi) is 10.6. The molecule has 0 atom stereocenters. The van der Waals surface area contributed by atoms with Crippen molar-refractivity contribution in [3.63, 3.8) is 0 Å². The molecule has 8 heteroatoms. The summed E-state index contributed by atoms with van der Waals surface area (Å²) in [5.41, 5.74) is 0. The molecular formula is C19H33IN4O2S. The van der Waals surface area contributed by atoms with Crippen molar-refractivity contribution in [1.29, 1.82) is 0 Å². The maximum atomic E-state index is 12.7. The number of hydrogen-bond donors (Lipinski definition) is 1. The molecule has 1 heterocycles. The molecule has 6 nitrogen and oxygen atoms in total. The molecule has 1 N–H and O–H groups in total. The summed E-state index contributed by atoms with van der Waals surface area (Å²) in [5, 5.41) is 3.44. The van der Waals surface area contributed by atoms with E-state index < -0.39 is 10.0 Å². The van der Waals surface area contributed by atoms with Crippen LogP contribution in [0.2, 0.25) is 0 Å². The summed E-state index contributed by atoms with van der Waals surface area (Å²) < 4.78 is 27.0. The highest BCUT2D eigenvalue weighted by Crippen LogP contribution is 2.23. The number of benzene rings is 1. The average molecular weight is 508 g/mol. The molecule has 0 radical (unpaired) electrons. The van der Waals surface area contributed by atoms with E-state index in [2.05, 4.69) is 29.2 Å². The Bertz CT molecular complexity index is 674. The van der Waals surface area contributed by atoms with Gasteiger partial charge in [0.1, 0.15) is 0 Å². The van der Waals surface area contributed by atoms with Crippen molar-refractivity contribution in [2.24, 2.45) is 10.9 Å². The van der Waals surface area contributed by atoms with E-state index in [1.54, 1.807) is 35.6 Å². The molecule has 1 aliphatic rings. The molecule has 2 rings (SSSR count). The van der Waals surface area contributed by atoms with Gasteiger partial charge in [0.05, 0.1) is 4.90 Å². The molecule has 1 aromatic carbocycles. The van der Waals surface area contributed by atoms with E-state index in [1.165, 1.54) is 0 Å². The van der Waals surface area contributed by atoms with Crippen LogP contribution in [0.25, 0.3) is 0 Å². The summed E-state index contributed by atoms with van der Waals surface area (Å²) in [6, 6.07) is 8.70. The Hall–Kier alpha value is -0.870. The molecule has 154 valence electrons. The molecule has 0 unspecified atom stereocenters. The SMILES string of the molecule is CCCCN(C)C(=NC)NCC1CCN(S(=O)(=O)c2ccccc2)CC1.I. The first-order chi connectivity index (χ1) is 12.5. The van der Waals surface area contributed by atoms with Crippen LogP contribution in [0.5, 0.6) is 0 Å². The molecule has 0 bridgehead atoms. The lowest BCUT2D eigenvalue weighted by Crippen LogP contribution is -2.44. The molecule has 1 aromatic rings. The standard InChI is InChI=1S/C19H32N4O2S.HI/c1-4-5-13-22(3)19(20-2)21-16-17-11-14-23(15-12-17)26(24,25)18-9-7-6-8-10-18;/h6-10,17H,4-5,11-16H2,1-3H3,(H,20,21);1H. The molecule has 0 amide bonds. The smallest absolute Gasteiger partial charge is 0.243 e. The number of nitrogens with one attached hydrogen (secondary N) is 1. The Morgan fingerprint density at radius 2 is 1.89 bits per heavy atom. The quantitative estimate of drug-likeness (QED) is 0.350. The van der Waals surface area contributed by atoms with E-state index in [9.17, 15) is 8.42 Å². The number of hydrogen-bond acceptors (Lipinski definition) is 3. The minimum absolute atomic E-state index is 0. The summed E-state index contributed by atoms with van der Waals surface area (Å²) in [7, 11) is 0.497. The first-order valence-electron chi connectivity index (χ1n) is 9.46. The zero-order valence-corrected chi connectivity index (χ0v) is 19.7. The number of halogens is 1. The molecule has 27 heavy (non-hydrogen) atoms. The van der Waals surface area contributed by atoms with Crippen molar-refractivity contribution in [1.82, 2.24) is 14.5 Å². The van der Waals surface area contributed by atoms with Crippen LogP contribution in [0.15, 0.2) is 40.2 Å². The Labute approximate surface area is 181 Å². The van der Waals surface area contributed by atoms with E-state index >= 15 is 0 Å². The fourth-order valence-corrected chi connectivity index (χ4v) is 4.71.